The Kier molecular flexibility index (Phi) is 5.50. The topological polar surface area (TPSA) is 87.0 Å². The molecule has 3 aromatic rings. The SMILES string of the molecule is CC(=O)c1nn(CC(=O)OC(C)(C)C)c2ccc(-c3cnc(C(C)C)nc3)cc12. The molecule has 0 unspecified atom stereocenters. The van der Waals surface area contributed by atoms with Gasteiger partial charge < -0.3 is 4.74 Å². The third-order valence-electron chi connectivity index (χ3n) is 4.30. The second-order valence-corrected chi connectivity index (χ2v) is 8.37. The molecule has 0 aliphatic heterocycles. The monoisotopic (exact) mass is 394 g/mol. The number of nitrogens with zero attached hydrogens (tertiary/aromatic N) is 4. The first-order valence-electron chi connectivity index (χ1n) is 9.61. The number of ether oxygens (including phenoxy) is 1. The summed E-state index contributed by atoms with van der Waals surface area (Å²) >= 11 is 0. The molecule has 0 atom stereocenters. The number of hydrogen-bond donors (Lipinski definition) is 0. The molecule has 0 bridgehead atoms. The van der Waals surface area contributed by atoms with Gasteiger partial charge >= 0.3 is 5.97 Å². The number of benzene rings is 1. The second-order valence-electron chi connectivity index (χ2n) is 8.37. The molecule has 29 heavy (non-hydrogen) atoms. The van der Waals surface area contributed by atoms with E-state index >= 15 is 0 Å². The van der Waals surface area contributed by atoms with Gasteiger partial charge in [0, 0.05) is 36.2 Å². The largest absolute Gasteiger partial charge is 0.459 e. The predicted molar refractivity (Wildman–Crippen MR) is 111 cm³/mol. The standard InChI is InChI=1S/C22H26N4O3/c1-13(2)21-23-10-16(11-24-21)15-7-8-18-17(9-15)20(14(3)27)25-26(18)12-19(28)29-22(4,5)6/h7-11,13H,12H2,1-6H3. The molecule has 0 amide bonds. The summed E-state index contributed by atoms with van der Waals surface area (Å²) in [6, 6.07) is 5.65. The second kappa shape index (κ2) is 7.73. The van der Waals surface area contributed by atoms with Crippen LogP contribution in [0.15, 0.2) is 30.6 Å². The van der Waals surface area contributed by atoms with Crippen LogP contribution in [-0.2, 0) is 16.1 Å². The van der Waals surface area contributed by atoms with Gasteiger partial charge in [-0.15, -0.1) is 0 Å². The average molecular weight is 394 g/mol. The molecule has 2 heterocycles. The number of Topliss-reactive ketones (excluding diaryl/α,β-unsaturated/α-hetero) is 1. The van der Waals surface area contributed by atoms with Gasteiger partial charge in [-0.1, -0.05) is 19.9 Å². The molecule has 0 saturated carbocycles. The van der Waals surface area contributed by atoms with Crippen molar-refractivity contribution in [1.29, 1.82) is 0 Å². The molecule has 0 N–H and O–H groups in total. The summed E-state index contributed by atoms with van der Waals surface area (Å²) in [5, 5.41) is 5.05. The number of ketones is 1. The maximum Gasteiger partial charge on any atom is 0.328 e. The fraction of sp³-hybridized carbons (Fsp3) is 0.409. The van der Waals surface area contributed by atoms with Gasteiger partial charge in [0.25, 0.3) is 0 Å². The minimum Gasteiger partial charge on any atom is -0.459 e. The molecule has 2 aromatic heterocycles. The van der Waals surface area contributed by atoms with Gasteiger partial charge in [0.1, 0.15) is 23.7 Å². The highest BCUT2D eigenvalue weighted by Crippen LogP contribution is 2.27. The van der Waals surface area contributed by atoms with Crippen molar-refractivity contribution >= 4 is 22.7 Å². The first kappa shape index (κ1) is 20.6. The average Bonchev–Trinajstić information content (AvgIpc) is 2.98. The van der Waals surface area contributed by atoms with E-state index in [1.165, 1.54) is 11.6 Å². The highest BCUT2D eigenvalue weighted by atomic mass is 16.6. The Labute approximate surface area is 170 Å². The number of fused-ring (bicyclic) bond motifs is 1. The number of hydrogen-bond acceptors (Lipinski definition) is 6. The van der Waals surface area contributed by atoms with Crippen LogP contribution in [0.5, 0.6) is 0 Å². The Morgan fingerprint density at radius 3 is 2.31 bits per heavy atom. The zero-order chi connectivity index (χ0) is 21.3. The summed E-state index contributed by atoms with van der Waals surface area (Å²) in [5.41, 5.74) is 2.17. The van der Waals surface area contributed by atoms with Crippen LogP contribution < -0.4 is 0 Å². The Morgan fingerprint density at radius 2 is 1.76 bits per heavy atom. The predicted octanol–water partition coefficient (Wildman–Crippen LogP) is 4.16. The van der Waals surface area contributed by atoms with E-state index < -0.39 is 11.6 Å². The molecule has 7 nitrogen and oxygen atoms in total. The van der Waals surface area contributed by atoms with Gasteiger partial charge in [-0.3, -0.25) is 14.3 Å². The van der Waals surface area contributed by atoms with E-state index in [1.807, 2.05) is 52.8 Å². The molecule has 7 heteroatoms. The van der Waals surface area contributed by atoms with E-state index in [0.717, 1.165) is 17.0 Å². The van der Waals surface area contributed by atoms with Crippen LogP contribution in [0.3, 0.4) is 0 Å². The lowest BCUT2D eigenvalue weighted by Crippen LogP contribution is -2.26. The number of rotatable bonds is 5. The first-order chi connectivity index (χ1) is 13.5. The molecule has 0 aliphatic rings. The lowest BCUT2D eigenvalue weighted by atomic mass is 10.0. The van der Waals surface area contributed by atoms with Gasteiger partial charge in [-0.25, -0.2) is 9.97 Å². The fourth-order valence-corrected chi connectivity index (χ4v) is 3.02. The number of esters is 1. The molecule has 0 radical (unpaired) electrons. The lowest BCUT2D eigenvalue weighted by Gasteiger charge is -2.19. The Bertz CT molecular complexity index is 1060. The molecule has 0 fully saturated rings. The summed E-state index contributed by atoms with van der Waals surface area (Å²) in [5.74, 6) is 0.464. The third kappa shape index (κ3) is 4.67. The third-order valence-corrected chi connectivity index (χ3v) is 4.30. The van der Waals surface area contributed by atoms with Gasteiger partial charge in [0.05, 0.1) is 5.52 Å². The molecule has 3 rings (SSSR count). The molecule has 0 saturated heterocycles. The van der Waals surface area contributed by atoms with Gasteiger partial charge in [-0.05, 0) is 38.5 Å². The number of carbonyl (C=O) groups is 2. The molecule has 1 aromatic carbocycles. The quantitative estimate of drug-likeness (QED) is 0.477. The van der Waals surface area contributed by atoms with Crippen LogP contribution >= 0.6 is 0 Å². The van der Waals surface area contributed by atoms with Crippen molar-refractivity contribution in [2.24, 2.45) is 0 Å². The van der Waals surface area contributed by atoms with E-state index in [0.29, 0.717) is 16.6 Å². The minimum atomic E-state index is -0.585. The smallest absolute Gasteiger partial charge is 0.328 e. The maximum atomic E-state index is 12.2. The van der Waals surface area contributed by atoms with Crippen molar-refractivity contribution in [3.8, 4) is 11.1 Å². The van der Waals surface area contributed by atoms with Crippen molar-refractivity contribution in [1.82, 2.24) is 19.7 Å². The van der Waals surface area contributed by atoms with Gasteiger partial charge in [0.2, 0.25) is 0 Å². The van der Waals surface area contributed by atoms with Crippen molar-refractivity contribution in [2.45, 2.75) is 59.6 Å². The van der Waals surface area contributed by atoms with E-state index in [2.05, 4.69) is 15.1 Å². The van der Waals surface area contributed by atoms with E-state index in [9.17, 15) is 9.59 Å². The van der Waals surface area contributed by atoms with E-state index in [1.54, 1.807) is 12.4 Å². The Hall–Kier alpha value is -3.09. The Morgan fingerprint density at radius 1 is 1.10 bits per heavy atom. The summed E-state index contributed by atoms with van der Waals surface area (Å²) in [6.07, 6.45) is 3.56. The number of aromatic nitrogens is 4. The summed E-state index contributed by atoms with van der Waals surface area (Å²) < 4.78 is 6.90. The fourth-order valence-electron chi connectivity index (χ4n) is 3.02. The lowest BCUT2D eigenvalue weighted by molar-refractivity contribution is -0.155. The first-order valence-corrected chi connectivity index (χ1v) is 9.61. The summed E-state index contributed by atoms with van der Waals surface area (Å²) in [6.45, 7) is 10.9. The summed E-state index contributed by atoms with van der Waals surface area (Å²) in [7, 11) is 0. The summed E-state index contributed by atoms with van der Waals surface area (Å²) in [4.78, 5) is 33.2. The Balaban J connectivity index is 2.00. The normalized spacial score (nSPS) is 11.8. The molecular weight excluding hydrogens is 368 g/mol. The van der Waals surface area contributed by atoms with E-state index in [-0.39, 0.29) is 18.2 Å². The van der Waals surface area contributed by atoms with Crippen LogP contribution in [0.2, 0.25) is 0 Å². The van der Waals surface area contributed by atoms with Crippen molar-refractivity contribution in [3.63, 3.8) is 0 Å². The van der Waals surface area contributed by atoms with Crippen LogP contribution in [0.25, 0.3) is 22.0 Å². The molecule has 0 spiro atoms. The maximum absolute atomic E-state index is 12.2. The molecular formula is C22H26N4O3. The van der Waals surface area contributed by atoms with Crippen LogP contribution in [-0.4, -0.2) is 37.1 Å². The van der Waals surface area contributed by atoms with E-state index in [4.69, 9.17) is 4.74 Å². The van der Waals surface area contributed by atoms with Crippen LogP contribution in [0, 0.1) is 0 Å². The highest BCUT2D eigenvalue weighted by Gasteiger charge is 2.20. The van der Waals surface area contributed by atoms with Crippen LogP contribution in [0.4, 0.5) is 0 Å². The van der Waals surface area contributed by atoms with Crippen molar-refractivity contribution in [2.75, 3.05) is 0 Å². The van der Waals surface area contributed by atoms with Crippen molar-refractivity contribution in [3.05, 3.63) is 42.1 Å². The molecule has 0 aliphatic carbocycles. The van der Waals surface area contributed by atoms with Gasteiger partial charge in [0.15, 0.2) is 5.78 Å². The number of carbonyl (C=O) groups excluding carboxylic acids is 2. The van der Waals surface area contributed by atoms with Crippen LogP contribution in [0.1, 0.15) is 63.8 Å². The highest BCUT2D eigenvalue weighted by molar-refractivity contribution is 6.06. The zero-order valence-electron chi connectivity index (χ0n) is 17.7. The minimum absolute atomic E-state index is 0.0629. The van der Waals surface area contributed by atoms with Gasteiger partial charge in [-0.2, -0.15) is 5.10 Å². The van der Waals surface area contributed by atoms with Crippen molar-refractivity contribution < 1.29 is 14.3 Å². The molecule has 152 valence electrons. The zero-order valence-corrected chi connectivity index (χ0v) is 17.7.